The van der Waals surface area contributed by atoms with Crippen molar-refractivity contribution in [2.45, 2.75) is 12.8 Å². The van der Waals surface area contributed by atoms with Gasteiger partial charge in [-0.05, 0) is 12.8 Å². The summed E-state index contributed by atoms with van der Waals surface area (Å²) in [5.74, 6) is -1.02. The van der Waals surface area contributed by atoms with Crippen molar-refractivity contribution < 1.29 is 9.90 Å². The third-order valence-corrected chi connectivity index (χ3v) is 2.44. The van der Waals surface area contributed by atoms with Crippen LogP contribution in [0.4, 0.5) is 5.13 Å². The van der Waals surface area contributed by atoms with E-state index in [9.17, 15) is 4.79 Å². The molecule has 0 saturated carbocycles. The Morgan fingerprint density at radius 1 is 1.77 bits per heavy atom. The van der Waals surface area contributed by atoms with Gasteiger partial charge in [-0.25, -0.2) is 9.78 Å². The quantitative estimate of drug-likeness (QED) is 0.719. The van der Waals surface area contributed by atoms with Crippen LogP contribution in [0.15, 0.2) is 12.7 Å². The second kappa shape index (κ2) is 4.04. The molecule has 0 spiro atoms. The van der Waals surface area contributed by atoms with Gasteiger partial charge in [-0.3, -0.25) is 0 Å². The largest absolute Gasteiger partial charge is 0.476 e. The predicted molar refractivity (Wildman–Crippen MR) is 52.0 cm³/mol. The number of nitrogens with zero attached hydrogens (tertiary/aromatic N) is 1. The lowest BCUT2D eigenvalue weighted by molar-refractivity contribution is 0.0690. The number of aromatic nitrogens is 1. The first kappa shape index (κ1) is 9.73. The normalized spacial score (nSPS) is 9.85. The van der Waals surface area contributed by atoms with E-state index in [2.05, 4.69) is 11.6 Å². The third-order valence-electron chi connectivity index (χ3n) is 1.49. The van der Waals surface area contributed by atoms with Crippen LogP contribution in [0.25, 0.3) is 0 Å². The van der Waals surface area contributed by atoms with Crippen molar-refractivity contribution in [3.8, 4) is 0 Å². The predicted octanol–water partition coefficient (Wildman–Crippen LogP) is 1.54. The monoisotopic (exact) mass is 198 g/mol. The number of carboxylic acid groups (broad SMARTS) is 1. The molecule has 13 heavy (non-hydrogen) atoms. The minimum atomic E-state index is -1.02. The highest BCUT2D eigenvalue weighted by Gasteiger charge is 2.14. The fourth-order valence-corrected chi connectivity index (χ4v) is 1.78. The number of nitrogens with two attached hydrogens (primary N) is 1. The Kier molecular flexibility index (Phi) is 3.02. The van der Waals surface area contributed by atoms with E-state index in [-0.39, 0.29) is 5.69 Å². The lowest BCUT2D eigenvalue weighted by Crippen LogP contribution is -2.00. The van der Waals surface area contributed by atoms with E-state index in [0.29, 0.717) is 16.4 Å². The lowest BCUT2D eigenvalue weighted by atomic mass is 10.2. The molecular weight excluding hydrogens is 188 g/mol. The minimum absolute atomic E-state index is 0.0735. The van der Waals surface area contributed by atoms with Gasteiger partial charge in [0.05, 0.1) is 0 Å². The fourth-order valence-electron chi connectivity index (χ4n) is 0.940. The van der Waals surface area contributed by atoms with Gasteiger partial charge < -0.3 is 10.8 Å². The summed E-state index contributed by atoms with van der Waals surface area (Å²) in [6, 6.07) is 0. The topological polar surface area (TPSA) is 76.2 Å². The van der Waals surface area contributed by atoms with Crippen LogP contribution in [0.2, 0.25) is 0 Å². The summed E-state index contributed by atoms with van der Waals surface area (Å²) in [4.78, 5) is 15.1. The van der Waals surface area contributed by atoms with Crippen LogP contribution in [0.3, 0.4) is 0 Å². The maximum absolute atomic E-state index is 10.7. The molecule has 0 unspecified atom stereocenters. The van der Waals surface area contributed by atoms with Gasteiger partial charge >= 0.3 is 5.97 Å². The van der Waals surface area contributed by atoms with E-state index >= 15 is 0 Å². The van der Waals surface area contributed by atoms with E-state index in [4.69, 9.17) is 10.8 Å². The molecule has 0 aliphatic carbocycles. The highest BCUT2D eigenvalue weighted by Crippen LogP contribution is 2.21. The average molecular weight is 198 g/mol. The molecule has 3 N–H and O–H groups in total. The summed E-state index contributed by atoms with van der Waals surface area (Å²) in [6.07, 6.45) is 3.11. The number of allylic oxidation sites excluding steroid dienone is 1. The van der Waals surface area contributed by atoms with E-state index < -0.39 is 5.97 Å². The molecule has 0 amide bonds. The number of anilines is 1. The van der Waals surface area contributed by atoms with Crippen molar-refractivity contribution in [1.82, 2.24) is 4.98 Å². The van der Waals surface area contributed by atoms with Crippen molar-refractivity contribution in [2.24, 2.45) is 0 Å². The lowest BCUT2D eigenvalue weighted by Gasteiger charge is -1.93. The van der Waals surface area contributed by atoms with Gasteiger partial charge in [-0.1, -0.05) is 6.08 Å². The highest BCUT2D eigenvalue weighted by atomic mass is 32.1. The standard InChI is InChI=1S/C8H10N2O2S/c1-2-3-4-5-6(7(11)12)10-8(9)13-5/h2H,1,3-4H2,(H2,9,10)(H,11,12). The summed E-state index contributed by atoms with van der Waals surface area (Å²) < 4.78 is 0. The number of carbonyl (C=O) groups is 1. The van der Waals surface area contributed by atoms with E-state index in [1.54, 1.807) is 6.08 Å². The second-order valence-electron chi connectivity index (χ2n) is 2.46. The van der Waals surface area contributed by atoms with Crippen LogP contribution in [-0.4, -0.2) is 16.1 Å². The summed E-state index contributed by atoms with van der Waals surface area (Å²) in [6.45, 7) is 3.56. The first-order valence-corrected chi connectivity index (χ1v) is 4.56. The molecule has 0 atom stereocenters. The number of hydrogen-bond donors (Lipinski definition) is 2. The Bertz CT molecular complexity index is 333. The van der Waals surface area contributed by atoms with Gasteiger partial charge in [0.15, 0.2) is 10.8 Å². The molecule has 1 rings (SSSR count). The molecular formula is C8H10N2O2S. The number of aryl methyl sites for hydroxylation is 1. The molecule has 1 aromatic heterocycles. The zero-order chi connectivity index (χ0) is 9.84. The molecule has 1 aromatic rings. The molecule has 0 saturated heterocycles. The summed E-state index contributed by atoms with van der Waals surface area (Å²) >= 11 is 1.22. The van der Waals surface area contributed by atoms with Crippen LogP contribution in [-0.2, 0) is 6.42 Å². The first-order chi connectivity index (χ1) is 6.15. The Morgan fingerprint density at radius 2 is 2.46 bits per heavy atom. The van der Waals surface area contributed by atoms with Crippen molar-refractivity contribution in [1.29, 1.82) is 0 Å². The number of hydrogen-bond acceptors (Lipinski definition) is 4. The molecule has 5 heteroatoms. The van der Waals surface area contributed by atoms with Gasteiger partial charge in [-0.15, -0.1) is 17.9 Å². The van der Waals surface area contributed by atoms with Crippen LogP contribution in [0.5, 0.6) is 0 Å². The zero-order valence-electron chi connectivity index (χ0n) is 6.99. The van der Waals surface area contributed by atoms with Crippen LogP contribution >= 0.6 is 11.3 Å². The molecule has 0 aliphatic rings. The second-order valence-corrected chi connectivity index (χ2v) is 3.57. The number of nitrogen functional groups attached to an aromatic ring is 1. The third kappa shape index (κ3) is 2.29. The maximum atomic E-state index is 10.7. The number of aromatic carboxylic acids is 1. The van der Waals surface area contributed by atoms with Crippen LogP contribution in [0, 0.1) is 0 Å². The molecule has 0 aliphatic heterocycles. The Hall–Kier alpha value is -1.36. The van der Waals surface area contributed by atoms with E-state index in [0.717, 1.165) is 6.42 Å². The molecule has 4 nitrogen and oxygen atoms in total. The van der Waals surface area contributed by atoms with Crippen molar-refractivity contribution in [3.63, 3.8) is 0 Å². The smallest absolute Gasteiger partial charge is 0.355 e. The maximum Gasteiger partial charge on any atom is 0.355 e. The van der Waals surface area contributed by atoms with Crippen molar-refractivity contribution >= 4 is 22.4 Å². The van der Waals surface area contributed by atoms with Gasteiger partial charge in [0, 0.05) is 4.88 Å². The molecule has 0 radical (unpaired) electrons. The van der Waals surface area contributed by atoms with Crippen molar-refractivity contribution in [2.75, 3.05) is 5.73 Å². The van der Waals surface area contributed by atoms with Gasteiger partial charge in [0.25, 0.3) is 0 Å². The number of carboxylic acids is 1. The Morgan fingerprint density at radius 3 is 3.00 bits per heavy atom. The van der Waals surface area contributed by atoms with Crippen LogP contribution < -0.4 is 5.73 Å². The molecule has 70 valence electrons. The molecule has 0 fully saturated rings. The first-order valence-electron chi connectivity index (χ1n) is 3.74. The van der Waals surface area contributed by atoms with Crippen LogP contribution in [0.1, 0.15) is 21.8 Å². The Balaban J connectivity index is 2.90. The molecule has 0 aromatic carbocycles. The average Bonchev–Trinajstić information content (AvgIpc) is 2.43. The van der Waals surface area contributed by atoms with Gasteiger partial charge in [0.2, 0.25) is 0 Å². The zero-order valence-corrected chi connectivity index (χ0v) is 7.80. The highest BCUT2D eigenvalue weighted by molar-refractivity contribution is 7.15. The summed E-state index contributed by atoms with van der Waals surface area (Å²) in [5, 5.41) is 9.04. The number of rotatable bonds is 4. The van der Waals surface area contributed by atoms with Crippen molar-refractivity contribution in [3.05, 3.63) is 23.2 Å². The molecule has 0 bridgehead atoms. The number of thiazole rings is 1. The minimum Gasteiger partial charge on any atom is -0.476 e. The molecule has 1 heterocycles. The Labute approximate surface area is 79.7 Å². The summed E-state index contributed by atoms with van der Waals surface area (Å²) in [5.41, 5.74) is 5.48. The van der Waals surface area contributed by atoms with Gasteiger partial charge in [0.1, 0.15) is 0 Å². The SMILES string of the molecule is C=CCCc1sc(N)nc1C(=O)O. The van der Waals surface area contributed by atoms with Gasteiger partial charge in [-0.2, -0.15) is 0 Å². The summed E-state index contributed by atoms with van der Waals surface area (Å²) in [7, 11) is 0. The van der Waals surface area contributed by atoms with E-state index in [1.165, 1.54) is 11.3 Å². The van der Waals surface area contributed by atoms with E-state index in [1.807, 2.05) is 0 Å². The fraction of sp³-hybridized carbons (Fsp3) is 0.250.